The monoisotopic (exact) mass is 335 g/mol. The number of nitrogens with zero attached hydrogens (tertiary/aromatic N) is 1. The molecule has 1 saturated carbocycles. The van der Waals surface area contributed by atoms with E-state index in [-0.39, 0.29) is 24.0 Å². The van der Waals surface area contributed by atoms with Crippen LogP contribution in [0.3, 0.4) is 0 Å². The third-order valence-electron chi connectivity index (χ3n) is 4.93. The molecule has 1 amide bonds. The SMILES string of the molecule is Cc1nc2ccc(C(=O)N[C@@H](c3ccccc3)C3CC(O)C3)cc2[nH]1. The molecule has 0 spiro atoms. The average Bonchev–Trinajstić information content (AvgIpc) is 2.97. The fraction of sp³-hybridized carbons (Fsp3) is 0.300. The van der Waals surface area contributed by atoms with Crippen molar-refractivity contribution < 1.29 is 9.90 Å². The van der Waals surface area contributed by atoms with E-state index in [1.807, 2.05) is 49.4 Å². The molecule has 0 saturated heterocycles. The number of rotatable bonds is 4. The zero-order valence-corrected chi connectivity index (χ0v) is 14.1. The number of aromatic nitrogens is 2. The van der Waals surface area contributed by atoms with Crippen LogP contribution < -0.4 is 5.32 Å². The molecular weight excluding hydrogens is 314 g/mol. The second kappa shape index (κ2) is 6.33. The topological polar surface area (TPSA) is 78.0 Å². The summed E-state index contributed by atoms with van der Waals surface area (Å²) in [5, 5.41) is 12.8. The predicted molar refractivity (Wildman–Crippen MR) is 96.2 cm³/mol. The first-order valence-electron chi connectivity index (χ1n) is 8.60. The maximum atomic E-state index is 12.8. The molecule has 4 rings (SSSR count). The first-order chi connectivity index (χ1) is 12.1. The number of aryl methyl sites for hydroxylation is 1. The average molecular weight is 335 g/mol. The van der Waals surface area contributed by atoms with E-state index in [1.165, 1.54) is 0 Å². The molecule has 0 aliphatic heterocycles. The summed E-state index contributed by atoms with van der Waals surface area (Å²) >= 11 is 0. The first kappa shape index (κ1) is 15.8. The van der Waals surface area contributed by atoms with Crippen LogP contribution in [0.25, 0.3) is 11.0 Å². The second-order valence-corrected chi connectivity index (χ2v) is 6.80. The normalized spacial score (nSPS) is 20.9. The number of benzene rings is 2. The van der Waals surface area contributed by atoms with E-state index in [2.05, 4.69) is 15.3 Å². The standard InChI is InChI=1S/C20H21N3O2/c1-12-21-17-8-7-14(11-18(17)22-12)20(25)23-19(15-9-16(24)10-15)13-5-3-2-4-6-13/h2-8,11,15-16,19,24H,9-10H2,1H3,(H,21,22)(H,23,25)/t15?,16?,19-/m0/s1. The first-order valence-corrected chi connectivity index (χ1v) is 8.60. The van der Waals surface area contributed by atoms with Crippen LogP contribution in [0.5, 0.6) is 0 Å². The van der Waals surface area contributed by atoms with E-state index < -0.39 is 0 Å². The molecule has 0 unspecified atom stereocenters. The zero-order chi connectivity index (χ0) is 17.4. The summed E-state index contributed by atoms with van der Waals surface area (Å²) in [5.74, 6) is 0.988. The van der Waals surface area contributed by atoms with Crippen LogP contribution in [0.1, 0.15) is 40.6 Å². The number of nitrogens with one attached hydrogen (secondary N) is 2. The minimum Gasteiger partial charge on any atom is -0.393 e. The van der Waals surface area contributed by atoms with Gasteiger partial charge in [-0.2, -0.15) is 0 Å². The number of hydrogen-bond donors (Lipinski definition) is 3. The third kappa shape index (κ3) is 3.15. The van der Waals surface area contributed by atoms with E-state index in [4.69, 9.17) is 0 Å². The highest BCUT2D eigenvalue weighted by Crippen LogP contribution is 2.38. The number of aromatic amines is 1. The number of amides is 1. The lowest BCUT2D eigenvalue weighted by Gasteiger charge is -2.38. The molecule has 1 heterocycles. The molecule has 1 aromatic heterocycles. The highest BCUT2D eigenvalue weighted by molar-refractivity contribution is 5.97. The van der Waals surface area contributed by atoms with E-state index in [0.717, 1.165) is 35.3 Å². The molecule has 0 radical (unpaired) electrons. The van der Waals surface area contributed by atoms with Gasteiger partial charge in [0.25, 0.3) is 5.91 Å². The van der Waals surface area contributed by atoms with Crippen molar-refractivity contribution in [2.75, 3.05) is 0 Å². The van der Waals surface area contributed by atoms with Gasteiger partial charge in [0.2, 0.25) is 0 Å². The van der Waals surface area contributed by atoms with E-state index in [1.54, 1.807) is 6.07 Å². The predicted octanol–water partition coefficient (Wildman–Crippen LogP) is 3.11. The van der Waals surface area contributed by atoms with Gasteiger partial charge in [-0.15, -0.1) is 0 Å². The van der Waals surface area contributed by atoms with Crippen molar-refractivity contribution in [3.05, 3.63) is 65.5 Å². The highest BCUT2D eigenvalue weighted by atomic mass is 16.3. The Morgan fingerprint density at radius 3 is 2.72 bits per heavy atom. The molecule has 1 atom stereocenters. The van der Waals surface area contributed by atoms with Gasteiger partial charge in [0.05, 0.1) is 23.2 Å². The summed E-state index contributed by atoms with van der Waals surface area (Å²) in [6.45, 7) is 1.90. The zero-order valence-electron chi connectivity index (χ0n) is 14.1. The third-order valence-corrected chi connectivity index (χ3v) is 4.93. The number of carbonyl (C=O) groups is 1. The van der Waals surface area contributed by atoms with Crippen molar-refractivity contribution >= 4 is 16.9 Å². The Kier molecular flexibility index (Phi) is 4.01. The minimum absolute atomic E-state index is 0.0868. The van der Waals surface area contributed by atoms with E-state index in [9.17, 15) is 9.90 Å². The Morgan fingerprint density at radius 1 is 1.24 bits per heavy atom. The van der Waals surface area contributed by atoms with Crippen molar-refractivity contribution in [1.82, 2.24) is 15.3 Å². The fourth-order valence-electron chi connectivity index (χ4n) is 3.54. The maximum absolute atomic E-state index is 12.8. The molecule has 1 aliphatic carbocycles. The molecule has 1 fully saturated rings. The van der Waals surface area contributed by atoms with Crippen LogP contribution >= 0.6 is 0 Å². The molecule has 25 heavy (non-hydrogen) atoms. The number of H-pyrrole nitrogens is 1. The molecule has 5 heteroatoms. The lowest BCUT2D eigenvalue weighted by Crippen LogP contribution is -2.41. The molecular formula is C20H21N3O2. The van der Waals surface area contributed by atoms with Crippen molar-refractivity contribution in [3.8, 4) is 0 Å². The molecule has 1 aliphatic rings. The number of fused-ring (bicyclic) bond motifs is 1. The fourth-order valence-corrected chi connectivity index (χ4v) is 3.54. The van der Waals surface area contributed by atoms with Crippen molar-refractivity contribution in [2.45, 2.75) is 31.9 Å². The molecule has 3 aromatic rings. The van der Waals surface area contributed by atoms with Crippen molar-refractivity contribution in [2.24, 2.45) is 5.92 Å². The second-order valence-electron chi connectivity index (χ2n) is 6.80. The van der Waals surface area contributed by atoms with Gasteiger partial charge in [-0.05, 0) is 49.4 Å². The van der Waals surface area contributed by atoms with Gasteiger partial charge < -0.3 is 15.4 Å². The smallest absolute Gasteiger partial charge is 0.251 e. The quantitative estimate of drug-likeness (QED) is 0.685. The Hall–Kier alpha value is -2.66. The number of aliphatic hydroxyl groups excluding tert-OH is 1. The Bertz CT molecular complexity index is 898. The summed E-state index contributed by atoms with van der Waals surface area (Å²) in [6, 6.07) is 15.4. The Morgan fingerprint density at radius 2 is 2.00 bits per heavy atom. The van der Waals surface area contributed by atoms with Gasteiger partial charge in [0.1, 0.15) is 5.82 Å². The van der Waals surface area contributed by atoms with Crippen LogP contribution in [-0.4, -0.2) is 27.1 Å². The molecule has 5 nitrogen and oxygen atoms in total. The summed E-state index contributed by atoms with van der Waals surface area (Å²) in [4.78, 5) is 20.3. The number of hydrogen-bond acceptors (Lipinski definition) is 3. The lowest BCUT2D eigenvalue weighted by molar-refractivity contribution is 0.0235. The number of aliphatic hydroxyl groups is 1. The summed E-state index contributed by atoms with van der Waals surface area (Å²) < 4.78 is 0. The largest absolute Gasteiger partial charge is 0.393 e. The van der Waals surface area contributed by atoms with Gasteiger partial charge in [-0.25, -0.2) is 4.98 Å². The molecule has 2 aromatic carbocycles. The van der Waals surface area contributed by atoms with Gasteiger partial charge in [-0.3, -0.25) is 4.79 Å². The van der Waals surface area contributed by atoms with E-state index >= 15 is 0 Å². The molecule has 128 valence electrons. The maximum Gasteiger partial charge on any atom is 0.251 e. The van der Waals surface area contributed by atoms with Crippen molar-refractivity contribution in [1.29, 1.82) is 0 Å². The minimum atomic E-state index is -0.252. The van der Waals surface area contributed by atoms with Crippen LogP contribution in [0.15, 0.2) is 48.5 Å². The number of imidazole rings is 1. The summed E-state index contributed by atoms with van der Waals surface area (Å²) in [7, 11) is 0. The Balaban J connectivity index is 1.58. The highest BCUT2D eigenvalue weighted by Gasteiger charge is 2.35. The van der Waals surface area contributed by atoms with Crippen LogP contribution in [-0.2, 0) is 0 Å². The van der Waals surface area contributed by atoms with E-state index in [0.29, 0.717) is 5.56 Å². The van der Waals surface area contributed by atoms with Gasteiger partial charge in [0, 0.05) is 5.56 Å². The van der Waals surface area contributed by atoms with Crippen molar-refractivity contribution in [3.63, 3.8) is 0 Å². The molecule has 3 N–H and O–H groups in total. The van der Waals surface area contributed by atoms with Crippen LogP contribution in [0.2, 0.25) is 0 Å². The van der Waals surface area contributed by atoms with Gasteiger partial charge in [-0.1, -0.05) is 30.3 Å². The van der Waals surface area contributed by atoms with Gasteiger partial charge >= 0.3 is 0 Å². The lowest BCUT2D eigenvalue weighted by atomic mass is 9.75. The molecule has 0 bridgehead atoms. The summed E-state index contributed by atoms with van der Waals surface area (Å²) in [6.07, 6.45) is 1.19. The number of carbonyl (C=O) groups excluding carboxylic acids is 1. The summed E-state index contributed by atoms with van der Waals surface area (Å²) in [5.41, 5.74) is 3.40. The van der Waals surface area contributed by atoms with Crippen LogP contribution in [0.4, 0.5) is 0 Å². The van der Waals surface area contributed by atoms with Crippen LogP contribution in [0, 0.1) is 12.8 Å². The Labute approximate surface area is 146 Å². The van der Waals surface area contributed by atoms with Gasteiger partial charge in [0.15, 0.2) is 0 Å².